The number of urea groups is 1. The summed E-state index contributed by atoms with van der Waals surface area (Å²) in [7, 11) is 0. The number of rotatable bonds is 5. The SMILES string of the molecule is CC(O)(CNC(=O)NCc1cc(C#N)ccc1F)c1cccs1. The minimum atomic E-state index is -1.17. The Balaban J connectivity index is 1.87. The molecular weight excluding hydrogens is 317 g/mol. The van der Waals surface area contributed by atoms with Crippen LogP contribution in [0.3, 0.4) is 0 Å². The molecule has 120 valence electrons. The van der Waals surface area contributed by atoms with Gasteiger partial charge in [-0.05, 0) is 36.6 Å². The van der Waals surface area contributed by atoms with Crippen LogP contribution in [0.2, 0.25) is 0 Å². The minimum absolute atomic E-state index is 0.0278. The highest BCUT2D eigenvalue weighted by Gasteiger charge is 2.24. The lowest BCUT2D eigenvalue weighted by molar-refractivity contribution is 0.0631. The molecule has 3 N–H and O–H groups in total. The van der Waals surface area contributed by atoms with E-state index in [0.717, 1.165) is 4.88 Å². The Morgan fingerprint density at radius 1 is 1.43 bits per heavy atom. The fourth-order valence-corrected chi connectivity index (χ4v) is 2.73. The molecule has 1 heterocycles. The van der Waals surface area contributed by atoms with Crippen molar-refractivity contribution in [3.63, 3.8) is 0 Å². The van der Waals surface area contributed by atoms with E-state index < -0.39 is 17.4 Å². The number of hydrogen-bond donors (Lipinski definition) is 3. The van der Waals surface area contributed by atoms with E-state index in [-0.39, 0.29) is 18.7 Å². The highest BCUT2D eigenvalue weighted by Crippen LogP contribution is 2.24. The van der Waals surface area contributed by atoms with E-state index in [4.69, 9.17) is 5.26 Å². The second-order valence-corrected chi connectivity index (χ2v) is 6.15. The van der Waals surface area contributed by atoms with Crippen molar-refractivity contribution in [2.24, 2.45) is 0 Å². The quantitative estimate of drug-likeness (QED) is 0.786. The second-order valence-electron chi connectivity index (χ2n) is 5.21. The van der Waals surface area contributed by atoms with Crippen LogP contribution in [0.1, 0.15) is 22.9 Å². The van der Waals surface area contributed by atoms with Gasteiger partial charge in [0.25, 0.3) is 0 Å². The smallest absolute Gasteiger partial charge is 0.315 e. The standard InChI is InChI=1S/C16H16FN3O2S/c1-16(22,14-3-2-6-23-14)10-20-15(21)19-9-12-7-11(8-18)4-5-13(12)17/h2-7,22H,9-10H2,1H3,(H2,19,20,21). The first-order chi connectivity index (χ1) is 10.9. The van der Waals surface area contributed by atoms with E-state index in [9.17, 15) is 14.3 Å². The Kier molecular flexibility index (Phi) is 5.32. The van der Waals surface area contributed by atoms with Crippen molar-refractivity contribution in [1.29, 1.82) is 5.26 Å². The number of nitrogens with zero attached hydrogens (tertiary/aromatic N) is 1. The van der Waals surface area contributed by atoms with Gasteiger partial charge in [0.05, 0.1) is 18.2 Å². The predicted octanol–water partition coefficient (Wildman–Crippen LogP) is 2.47. The van der Waals surface area contributed by atoms with E-state index in [1.54, 1.807) is 13.0 Å². The Morgan fingerprint density at radius 3 is 2.87 bits per heavy atom. The molecule has 7 heteroatoms. The molecule has 1 unspecified atom stereocenters. The molecule has 1 aromatic heterocycles. The topological polar surface area (TPSA) is 85.2 Å². The zero-order valence-corrected chi connectivity index (χ0v) is 13.3. The summed E-state index contributed by atoms with van der Waals surface area (Å²) in [5.41, 5.74) is -0.620. The number of carbonyl (C=O) groups excluding carboxylic acids is 1. The Hall–Kier alpha value is -2.43. The molecule has 0 radical (unpaired) electrons. The molecule has 5 nitrogen and oxygen atoms in total. The molecule has 0 spiro atoms. The van der Waals surface area contributed by atoms with Crippen LogP contribution in [0.25, 0.3) is 0 Å². The van der Waals surface area contributed by atoms with Gasteiger partial charge in [0, 0.05) is 17.0 Å². The maximum Gasteiger partial charge on any atom is 0.315 e. The molecule has 0 fully saturated rings. The van der Waals surface area contributed by atoms with Crippen molar-refractivity contribution in [3.05, 3.63) is 57.5 Å². The highest BCUT2D eigenvalue weighted by molar-refractivity contribution is 7.10. The third-order valence-electron chi connectivity index (χ3n) is 3.26. The molecule has 2 amide bonds. The van der Waals surface area contributed by atoms with Crippen LogP contribution < -0.4 is 10.6 Å². The molecule has 0 aliphatic carbocycles. The lowest BCUT2D eigenvalue weighted by Gasteiger charge is -2.22. The second kappa shape index (κ2) is 7.22. The van der Waals surface area contributed by atoms with Crippen LogP contribution in [-0.2, 0) is 12.1 Å². The zero-order chi connectivity index (χ0) is 16.9. The van der Waals surface area contributed by atoms with Gasteiger partial charge in [-0.3, -0.25) is 0 Å². The highest BCUT2D eigenvalue weighted by atomic mass is 32.1. The molecule has 2 rings (SSSR count). The van der Waals surface area contributed by atoms with E-state index in [1.165, 1.54) is 29.5 Å². The first-order valence-electron chi connectivity index (χ1n) is 6.89. The summed E-state index contributed by atoms with van der Waals surface area (Å²) in [6.45, 7) is 1.59. The maximum atomic E-state index is 13.6. The number of halogens is 1. The number of nitriles is 1. The van der Waals surface area contributed by atoms with E-state index in [2.05, 4.69) is 10.6 Å². The average molecular weight is 333 g/mol. The van der Waals surface area contributed by atoms with E-state index in [0.29, 0.717) is 5.56 Å². The normalized spacial score (nSPS) is 13.0. The lowest BCUT2D eigenvalue weighted by atomic mass is 10.1. The fourth-order valence-electron chi connectivity index (χ4n) is 1.94. The van der Waals surface area contributed by atoms with E-state index in [1.807, 2.05) is 17.5 Å². The molecule has 0 aliphatic rings. The van der Waals surface area contributed by atoms with Crippen LogP contribution in [0, 0.1) is 17.1 Å². The summed E-state index contributed by atoms with van der Waals surface area (Å²) in [4.78, 5) is 12.5. The van der Waals surface area contributed by atoms with Crippen LogP contribution in [-0.4, -0.2) is 17.7 Å². The number of hydrogen-bond acceptors (Lipinski definition) is 4. The van der Waals surface area contributed by atoms with Crippen LogP contribution >= 0.6 is 11.3 Å². The van der Waals surface area contributed by atoms with Crippen molar-refractivity contribution in [2.45, 2.75) is 19.1 Å². The number of thiophene rings is 1. The first-order valence-corrected chi connectivity index (χ1v) is 7.77. The summed E-state index contributed by atoms with van der Waals surface area (Å²) in [6, 6.07) is 8.94. The monoisotopic (exact) mass is 333 g/mol. The number of aliphatic hydroxyl groups is 1. The number of benzene rings is 1. The van der Waals surface area contributed by atoms with Gasteiger partial charge in [-0.15, -0.1) is 11.3 Å². The third-order valence-corrected chi connectivity index (χ3v) is 4.38. The van der Waals surface area contributed by atoms with Gasteiger partial charge in [0.2, 0.25) is 0 Å². The Morgan fingerprint density at radius 2 is 2.22 bits per heavy atom. The molecule has 1 aromatic carbocycles. The Labute approximate surface area is 137 Å². The van der Waals surface area contributed by atoms with Crippen LogP contribution in [0.5, 0.6) is 0 Å². The van der Waals surface area contributed by atoms with Crippen molar-refractivity contribution < 1.29 is 14.3 Å². The van der Waals surface area contributed by atoms with Gasteiger partial charge < -0.3 is 15.7 Å². The predicted molar refractivity (Wildman–Crippen MR) is 85.2 cm³/mol. The molecule has 2 aromatic rings. The van der Waals surface area contributed by atoms with Crippen LogP contribution in [0.4, 0.5) is 9.18 Å². The van der Waals surface area contributed by atoms with Gasteiger partial charge in [0.15, 0.2) is 0 Å². The first kappa shape index (κ1) is 16.9. The van der Waals surface area contributed by atoms with Crippen molar-refractivity contribution in [1.82, 2.24) is 10.6 Å². The minimum Gasteiger partial charge on any atom is -0.383 e. The van der Waals surface area contributed by atoms with Gasteiger partial charge in [-0.1, -0.05) is 6.07 Å². The molecule has 0 bridgehead atoms. The molecule has 0 aliphatic heterocycles. The van der Waals surface area contributed by atoms with Gasteiger partial charge >= 0.3 is 6.03 Å². The lowest BCUT2D eigenvalue weighted by Crippen LogP contribution is -2.43. The summed E-state index contributed by atoms with van der Waals surface area (Å²) in [6.07, 6.45) is 0. The van der Waals surface area contributed by atoms with Crippen LogP contribution in [0.15, 0.2) is 35.7 Å². The van der Waals surface area contributed by atoms with E-state index >= 15 is 0 Å². The van der Waals surface area contributed by atoms with Crippen molar-refractivity contribution in [3.8, 4) is 6.07 Å². The Bertz CT molecular complexity index is 723. The van der Waals surface area contributed by atoms with Crippen molar-refractivity contribution >= 4 is 17.4 Å². The summed E-state index contributed by atoms with van der Waals surface area (Å²) in [5, 5.41) is 26.0. The molecule has 23 heavy (non-hydrogen) atoms. The average Bonchev–Trinajstić information content (AvgIpc) is 3.07. The maximum absolute atomic E-state index is 13.6. The third kappa shape index (κ3) is 4.52. The number of amides is 2. The number of nitrogens with one attached hydrogen (secondary N) is 2. The summed E-state index contributed by atoms with van der Waals surface area (Å²) in [5.74, 6) is -0.491. The molecule has 1 atom stereocenters. The van der Waals surface area contributed by atoms with Gasteiger partial charge in [-0.25, -0.2) is 9.18 Å². The molecule has 0 saturated carbocycles. The fraction of sp³-hybridized carbons (Fsp3) is 0.250. The van der Waals surface area contributed by atoms with Gasteiger partial charge in [0.1, 0.15) is 11.4 Å². The molecule has 0 saturated heterocycles. The summed E-state index contributed by atoms with van der Waals surface area (Å²) >= 11 is 1.40. The summed E-state index contributed by atoms with van der Waals surface area (Å²) < 4.78 is 13.6. The molecular formula is C16H16FN3O2S. The van der Waals surface area contributed by atoms with Crippen molar-refractivity contribution in [2.75, 3.05) is 6.54 Å². The van der Waals surface area contributed by atoms with Gasteiger partial charge in [-0.2, -0.15) is 5.26 Å². The zero-order valence-electron chi connectivity index (χ0n) is 12.5. The largest absolute Gasteiger partial charge is 0.383 e. The number of carbonyl (C=O) groups is 1.